The minimum Gasteiger partial charge on any atom is -0.339 e. The molecular formula is C21H26ClN3O. The van der Waals surface area contributed by atoms with E-state index in [2.05, 4.69) is 13.8 Å². The summed E-state index contributed by atoms with van der Waals surface area (Å²) in [6, 6.07) is 7.72. The Labute approximate surface area is 160 Å². The monoisotopic (exact) mass is 371 g/mol. The predicted octanol–water partition coefficient (Wildman–Crippen LogP) is 5.15. The molecule has 0 atom stereocenters. The molecule has 4 nitrogen and oxygen atoms in total. The van der Waals surface area contributed by atoms with Crippen molar-refractivity contribution in [2.24, 2.45) is 0 Å². The van der Waals surface area contributed by atoms with Gasteiger partial charge in [-0.05, 0) is 62.3 Å². The van der Waals surface area contributed by atoms with Crippen LogP contribution in [0.3, 0.4) is 0 Å². The topological polar surface area (TPSA) is 38.1 Å². The summed E-state index contributed by atoms with van der Waals surface area (Å²) in [5.74, 6) is 0.828. The van der Waals surface area contributed by atoms with Gasteiger partial charge < -0.3 is 4.90 Å². The molecular weight excluding hydrogens is 346 g/mol. The fraction of sp³-hybridized carbons (Fsp3) is 0.524. The van der Waals surface area contributed by atoms with Crippen LogP contribution in [0.2, 0.25) is 5.02 Å². The quantitative estimate of drug-likeness (QED) is 0.745. The van der Waals surface area contributed by atoms with Gasteiger partial charge in [0.05, 0.1) is 22.6 Å². The number of aromatic nitrogens is 2. The van der Waals surface area contributed by atoms with E-state index in [1.165, 1.54) is 6.42 Å². The molecule has 1 amide bonds. The summed E-state index contributed by atoms with van der Waals surface area (Å²) in [4.78, 5) is 15.5. The third-order valence-electron chi connectivity index (χ3n) is 5.39. The van der Waals surface area contributed by atoms with Crippen LogP contribution in [0.25, 0.3) is 5.69 Å². The molecule has 138 valence electrons. The molecule has 1 aromatic heterocycles. The minimum absolute atomic E-state index is 0.176. The number of hydrogen-bond acceptors (Lipinski definition) is 2. The molecule has 0 bridgehead atoms. The van der Waals surface area contributed by atoms with Crippen molar-refractivity contribution in [2.75, 3.05) is 13.1 Å². The van der Waals surface area contributed by atoms with E-state index < -0.39 is 0 Å². The fourth-order valence-electron chi connectivity index (χ4n) is 3.88. The number of benzene rings is 1. The number of likely N-dealkylation sites (tertiary alicyclic amines) is 1. The summed E-state index contributed by atoms with van der Waals surface area (Å²) in [5.41, 5.74) is 3.86. The van der Waals surface area contributed by atoms with E-state index in [9.17, 15) is 4.79 Å². The lowest BCUT2D eigenvalue weighted by Gasteiger charge is -2.27. The molecule has 1 saturated carbocycles. The second-order valence-electron chi connectivity index (χ2n) is 7.82. The Morgan fingerprint density at radius 2 is 1.77 bits per heavy atom. The van der Waals surface area contributed by atoms with Gasteiger partial charge in [-0.3, -0.25) is 4.79 Å². The smallest absolute Gasteiger partial charge is 0.257 e. The third-order valence-corrected chi connectivity index (χ3v) is 5.64. The summed E-state index contributed by atoms with van der Waals surface area (Å²) >= 11 is 6.06. The Bertz CT molecular complexity index is 799. The molecule has 1 aliphatic heterocycles. The molecule has 0 radical (unpaired) electrons. The van der Waals surface area contributed by atoms with Crippen LogP contribution >= 0.6 is 11.6 Å². The van der Waals surface area contributed by atoms with E-state index in [-0.39, 0.29) is 11.8 Å². The minimum atomic E-state index is 0.176. The Morgan fingerprint density at radius 1 is 1.12 bits per heavy atom. The SMILES string of the molecule is CC(C)c1c(C(=O)N2CCCCC2)c(C2CC2)nn1-c1ccc(Cl)cc1. The van der Waals surface area contributed by atoms with Crippen LogP contribution in [0, 0.1) is 0 Å². The first-order valence-electron chi connectivity index (χ1n) is 9.74. The van der Waals surface area contributed by atoms with Crippen molar-refractivity contribution in [1.29, 1.82) is 0 Å². The molecule has 4 rings (SSSR count). The molecule has 2 aliphatic rings. The molecule has 2 aromatic rings. The van der Waals surface area contributed by atoms with E-state index in [0.29, 0.717) is 10.9 Å². The standard InChI is InChI=1S/C21H26ClN3O/c1-14(2)20-18(21(26)24-12-4-3-5-13-24)19(15-6-7-15)23-25(20)17-10-8-16(22)9-11-17/h8-11,14-15H,3-7,12-13H2,1-2H3. The molecule has 2 heterocycles. The molecule has 1 saturated heterocycles. The lowest BCUT2D eigenvalue weighted by molar-refractivity contribution is 0.0721. The molecule has 1 aromatic carbocycles. The van der Waals surface area contributed by atoms with Gasteiger partial charge in [-0.15, -0.1) is 0 Å². The Morgan fingerprint density at radius 3 is 2.35 bits per heavy atom. The second kappa shape index (κ2) is 7.07. The average Bonchev–Trinajstić information content (AvgIpc) is 3.42. The van der Waals surface area contributed by atoms with Crippen molar-refractivity contribution >= 4 is 17.5 Å². The zero-order chi connectivity index (χ0) is 18.3. The molecule has 2 fully saturated rings. The Hall–Kier alpha value is -1.81. The van der Waals surface area contributed by atoms with Crippen molar-refractivity contribution in [3.63, 3.8) is 0 Å². The maximum absolute atomic E-state index is 13.4. The van der Waals surface area contributed by atoms with Gasteiger partial charge in [0.15, 0.2) is 0 Å². The number of amides is 1. The molecule has 0 spiro atoms. The largest absolute Gasteiger partial charge is 0.339 e. The fourth-order valence-corrected chi connectivity index (χ4v) is 4.00. The zero-order valence-electron chi connectivity index (χ0n) is 15.5. The molecule has 0 unspecified atom stereocenters. The van der Waals surface area contributed by atoms with Crippen molar-refractivity contribution in [3.8, 4) is 5.69 Å². The van der Waals surface area contributed by atoms with Crippen LogP contribution in [0.1, 0.15) is 79.5 Å². The maximum Gasteiger partial charge on any atom is 0.257 e. The highest BCUT2D eigenvalue weighted by Gasteiger charge is 2.37. The van der Waals surface area contributed by atoms with E-state index in [4.69, 9.17) is 16.7 Å². The number of hydrogen-bond donors (Lipinski definition) is 0. The van der Waals surface area contributed by atoms with Crippen LogP contribution in [0.5, 0.6) is 0 Å². The highest BCUT2D eigenvalue weighted by molar-refractivity contribution is 6.30. The first-order valence-corrected chi connectivity index (χ1v) is 10.1. The van der Waals surface area contributed by atoms with Crippen LogP contribution in [0.4, 0.5) is 0 Å². The van der Waals surface area contributed by atoms with Gasteiger partial charge in [0, 0.05) is 24.0 Å². The number of piperidine rings is 1. The van der Waals surface area contributed by atoms with E-state index in [1.807, 2.05) is 33.8 Å². The van der Waals surface area contributed by atoms with E-state index >= 15 is 0 Å². The van der Waals surface area contributed by atoms with Crippen molar-refractivity contribution in [1.82, 2.24) is 14.7 Å². The van der Waals surface area contributed by atoms with Gasteiger partial charge >= 0.3 is 0 Å². The van der Waals surface area contributed by atoms with Crippen molar-refractivity contribution in [2.45, 2.75) is 57.8 Å². The second-order valence-corrected chi connectivity index (χ2v) is 8.25. The van der Waals surface area contributed by atoms with Gasteiger partial charge in [0.1, 0.15) is 0 Å². The molecule has 0 N–H and O–H groups in total. The van der Waals surface area contributed by atoms with Gasteiger partial charge in [-0.1, -0.05) is 25.4 Å². The molecule has 5 heteroatoms. The summed E-state index contributed by atoms with van der Waals surface area (Å²) in [7, 11) is 0. The zero-order valence-corrected chi connectivity index (χ0v) is 16.3. The molecule has 26 heavy (non-hydrogen) atoms. The lowest BCUT2D eigenvalue weighted by Crippen LogP contribution is -2.36. The predicted molar refractivity (Wildman–Crippen MR) is 104 cm³/mol. The Balaban J connectivity index is 1.83. The summed E-state index contributed by atoms with van der Waals surface area (Å²) in [6.45, 7) is 6.03. The summed E-state index contributed by atoms with van der Waals surface area (Å²) < 4.78 is 1.98. The van der Waals surface area contributed by atoms with E-state index in [0.717, 1.165) is 61.4 Å². The van der Waals surface area contributed by atoms with Crippen molar-refractivity contribution < 1.29 is 4.79 Å². The van der Waals surface area contributed by atoms with E-state index in [1.54, 1.807) is 0 Å². The normalized spacial score (nSPS) is 17.8. The number of rotatable bonds is 4. The van der Waals surface area contributed by atoms with Crippen molar-refractivity contribution in [3.05, 3.63) is 46.2 Å². The summed E-state index contributed by atoms with van der Waals surface area (Å²) in [5, 5.41) is 5.64. The number of nitrogens with zero attached hydrogens (tertiary/aromatic N) is 3. The number of carbonyl (C=O) groups is 1. The van der Waals surface area contributed by atoms with Crippen LogP contribution in [0.15, 0.2) is 24.3 Å². The van der Waals surface area contributed by atoms with Gasteiger partial charge in [0.2, 0.25) is 0 Å². The Kier molecular flexibility index (Phi) is 4.78. The third kappa shape index (κ3) is 3.27. The van der Waals surface area contributed by atoms with Gasteiger partial charge in [-0.2, -0.15) is 5.10 Å². The van der Waals surface area contributed by atoms with Gasteiger partial charge in [0.25, 0.3) is 5.91 Å². The highest BCUT2D eigenvalue weighted by Crippen LogP contribution is 2.43. The van der Waals surface area contributed by atoms with Crippen LogP contribution in [-0.2, 0) is 0 Å². The number of carbonyl (C=O) groups excluding carboxylic acids is 1. The highest BCUT2D eigenvalue weighted by atomic mass is 35.5. The van der Waals surface area contributed by atoms with Gasteiger partial charge in [-0.25, -0.2) is 4.68 Å². The lowest BCUT2D eigenvalue weighted by atomic mass is 9.99. The van der Waals surface area contributed by atoms with Crippen LogP contribution < -0.4 is 0 Å². The molecule has 1 aliphatic carbocycles. The first kappa shape index (κ1) is 17.6. The first-order chi connectivity index (χ1) is 12.6. The maximum atomic E-state index is 13.4. The van der Waals surface area contributed by atoms with Crippen LogP contribution in [-0.4, -0.2) is 33.7 Å². The number of halogens is 1. The summed E-state index contributed by atoms with van der Waals surface area (Å²) in [6.07, 6.45) is 5.70. The average molecular weight is 372 g/mol.